The van der Waals surface area contributed by atoms with Gasteiger partial charge in [-0.2, -0.15) is 0 Å². The number of hydrogen-bond donors (Lipinski definition) is 1. The van der Waals surface area contributed by atoms with E-state index in [-0.39, 0.29) is 18.9 Å². The van der Waals surface area contributed by atoms with Gasteiger partial charge in [0.05, 0.1) is 23.4 Å². The Hall–Kier alpha value is -3.93. The van der Waals surface area contributed by atoms with Crippen molar-refractivity contribution < 1.29 is 14.3 Å². The van der Waals surface area contributed by atoms with Crippen molar-refractivity contribution in [1.29, 1.82) is 0 Å². The van der Waals surface area contributed by atoms with Gasteiger partial charge >= 0.3 is 5.97 Å². The second-order valence-corrected chi connectivity index (χ2v) is 7.04. The second-order valence-electron chi connectivity index (χ2n) is 7.04. The molecule has 0 radical (unpaired) electrons. The molecule has 0 spiro atoms. The molecule has 0 bridgehead atoms. The number of amides is 1. The van der Waals surface area contributed by atoms with Crippen LogP contribution in [0.2, 0.25) is 0 Å². The van der Waals surface area contributed by atoms with Crippen LogP contribution < -0.4 is 5.32 Å². The van der Waals surface area contributed by atoms with Crippen LogP contribution in [-0.4, -0.2) is 21.3 Å². The Balaban J connectivity index is 1.43. The van der Waals surface area contributed by atoms with Gasteiger partial charge in [-0.15, -0.1) is 0 Å². The lowest BCUT2D eigenvalue weighted by atomic mass is 10.1. The Morgan fingerprint density at radius 3 is 2.57 bits per heavy atom. The number of nitrogens with zero attached hydrogens (tertiary/aromatic N) is 2. The van der Waals surface area contributed by atoms with E-state index in [2.05, 4.69) is 10.3 Å². The van der Waals surface area contributed by atoms with E-state index in [1.165, 1.54) is 0 Å². The van der Waals surface area contributed by atoms with E-state index in [0.29, 0.717) is 16.9 Å². The molecule has 1 N–H and O–H groups in total. The van der Waals surface area contributed by atoms with E-state index in [0.717, 1.165) is 16.8 Å². The van der Waals surface area contributed by atoms with Gasteiger partial charge in [0.15, 0.2) is 0 Å². The second kappa shape index (κ2) is 8.61. The minimum Gasteiger partial charge on any atom is -0.455 e. The molecule has 0 atom stereocenters. The molecule has 6 nitrogen and oxygen atoms in total. The summed E-state index contributed by atoms with van der Waals surface area (Å²) < 4.78 is 7.35. The van der Waals surface area contributed by atoms with E-state index in [4.69, 9.17) is 4.74 Å². The molecule has 0 aliphatic carbocycles. The molecule has 0 saturated heterocycles. The molecular formula is C24H21N3O3. The third kappa shape index (κ3) is 4.55. The normalized spacial score (nSPS) is 10.7. The zero-order valence-corrected chi connectivity index (χ0v) is 16.5. The average molecular weight is 399 g/mol. The Labute approximate surface area is 174 Å². The molecule has 4 rings (SSSR count). The molecule has 150 valence electrons. The summed E-state index contributed by atoms with van der Waals surface area (Å²) in [6.45, 7) is 2.05. The topological polar surface area (TPSA) is 72.7 Å². The first kappa shape index (κ1) is 19.4. The van der Waals surface area contributed by atoms with E-state index in [9.17, 15) is 9.59 Å². The summed E-state index contributed by atoms with van der Waals surface area (Å²) in [4.78, 5) is 29.5. The summed E-state index contributed by atoms with van der Waals surface area (Å²) in [6, 6.07) is 20.1. The van der Waals surface area contributed by atoms with E-state index in [1.807, 2.05) is 66.2 Å². The third-order valence-corrected chi connectivity index (χ3v) is 4.63. The molecule has 2 aromatic carbocycles. The minimum absolute atomic E-state index is 0.0475. The van der Waals surface area contributed by atoms with Crippen LogP contribution in [0.1, 0.15) is 27.2 Å². The van der Waals surface area contributed by atoms with Crippen LogP contribution in [0.4, 0.5) is 5.69 Å². The number of aryl methyl sites for hydroxylation is 1. The highest BCUT2D eigenvalue weighted by Crippen LogP contribution is 2.18. The largest absolute Gasteiger partial charge is 0.455 e. The van der Waals surface area contributed by atoms with Crippen molar-refractivity contribution in [1.82, 2.24) is 9.38 Å². The number of fused-ring (bicyclic) bond motifs is 1. The number of imidazole rings is 1. The Morgan fingerprint density at radius 1 is 0.967 bits per heavy atom. The standard InChI is InChI=1S/C24H21N3O3/c1-17-11-12-22-25-19(15-27(22)14-17)16-30-24(29)20-9-5-6-10-21(20)26-23(28)13-18-7-3-2-4-8-18/h2-12,14-15H,13,16H2,1H3,(H,26,28). The first-order valence-electron chi connectivity index (χ1n) is 9.62. The lowest BCUT2D eigenvalue weighted by molar-refractivity contribution is -0.115. The molecule has 0 unspecified atom stereocenters. The van der Waals surface area contributed by atoms with Crippen molar-refractivity contribution in [3.05, 3.63) is 102 Å². The molecule has 0 aliphatic heterocycles. The highest BCUT2D eigenvalue weighted by Gasteiger charge is 2.15. The Kier molecular flexibility index (Phi) is 5.57. The van der Waals surface area contributed by atoms with Crippen LogP contribution in [0.3, 0.4) is 0 Å². The van der Waals surface area contributed by atoms with Crippen molar-refractivity contribution >= 4 is 23.2 Å². The molecule has 0 aliphatic rings. The van der Waals surface area contributed by atoms with Gasteiger partial charge in [-0.3, -0.25) is 4.79 Å². The molecule has 4 aromatic rings. The number of benzene rings is 2. The van der Waals surface area contributed by atoms with Gasteiger partial charge in [-0.1, -0.05) is 48.5 Å². The number of carbonyl (C=O) groups excluding carboxylic acids is 2. The fraction of sp³-hybridized carbons (Fsp3) is 0.125. The number of para-hydroxylation sites is 1. The van der Waals surface area contributed by atoms with Crippen LogP contribution in [0, 0.1) is 6.92 Å². The number of pyridine rings is 1. The van der Waals surface area contributed by atoms with Gasteiger partial charge in [-0.05, 0) is 36.2 Å². The highest BCUT2D eigenvalue weighted by molar-refractivity contribution is 6.01. The third-order valence-electron chi connectivity index (χ3n) is 4.63. The van der Waals surface area contributed by atoms with Gasteiger partial charge in [-0.25, -0.2) is 9.78 Å². The summed E-state index contributed by atoms with van der Waals surface area (Å²) in [5.41, 5.74) is 4.19. The van der Waals surface area contributed by atoms with Gasteiger partial charge in [0.2, 0.25) is 5.91 Å². The van der Waals surface area contributed by atoms with Crippen LogP contribution in [0.25, 0.3) is 5.65 Å². The van der Waals surface area contributed by atoms with E-state index < -0.39 is 5.97 Å². The summed E-state index contributed by atoms with van der Waals surface area (Å²) in [5, 5.41) is 2.81. The summed E-state index contributed by atoms with van der Waals surface area (Å²) in [6.07, 6.45) is 4.03. The Morgan fingerprint density at radius 2 is 1.73 bits per heavy atom. The summed E-state index contributed by atoms with van der Waals surface area (Å²) in [7, 11) is 0. The number of aromatic nitrogens is 2. The van der Waals surface area contributed by atoms with Crippen LogP contribution in [-0.2, 0) is 22.6 Å². The lowest BCUT2D eigenvalue weighted by Crippen LogP contribution is -2.17. The number of carbonyl (C=O) groups is 2. The summed E-state index contributed by atoms with van der Waals surface area (Å²) in [5.74, 6) is -0.712. The fourth-order valence-corrected chi connectivity index (χ4v) is 3.19. The number of hydrogen-bond acceptors (Lipinski definition) is 4. The first-order chi connectivity index (χ1) is 14.6. The predicted octanol–water partition coefficient (Wildman–Crippen LogP) is 4.18. The minimum atomic E-state index is -0.515. The smallest absolute Gasteiger partial charge is 0.340 e. The van der Waals surface area contributed by atoms with Crippen LogP contribution in [0.15, 0.2) is 79.1 Å². The van der Waals surface area contributed by atoms with Crippen molar-refractivity contribution in [3.63, 3.8) is 0 Å². The van der Waals surface area contributed by atoms with E-state index in [1.54, 1.807) is 24.3 Å². The predicted molar refractivity (Wildman–Crippen MR) is 114 cm³/mol. The Bertz CT molecular complexity index is 1200. The van der Waals surface area contributed by atoms with Gasteiger partial charge in [0, 0.05) is 12.4 Å². The van der Waals surface area contributed by atoms with Crippen molar-refractivity contribution in [2.75, 3.05) is 5.32 Å². The summed E-state index contributed by atoms with van der Waals surface area (Å²) >= 11 is 0. The average Bonchev–Trinajstić information content (AvgIpc) is 3.15. The van der Waals surface area contributed by atoms with Crippen molar-refractivity contribution in [3.8, 4) is 0 Å². The van der Waals surface area contributed by atoms with Crippen LogP contribution >= 0.6 is 0 Å². The molecule has 2 heterocycles. The quantitative estimate of drug-likeness (QED) is 0.494. The number of esters is 1. The van der Waals surface area contributed by atoms with Crippen molar-refractivity contribution in [2.45, 2.75) is 20.0 Å². The highest BCUT2D eigenvalue weighted by atomic mass is 16.5. The monoisotopic (exact) mass is 399 g/mol. The number of anilines is 1. The maximum Gasteiger partial charge on any atom is 0.340 e. The maximum atomic E-state index is 12.6. The molecule has 6 heteroatoms. The zero-order chi connectivity index (χ0) is 20.9. The van der Waals surface area contributed by atoms with Gasteiger partial charge < -0.3 is 14.5 Å². The van der Waals surface area contributed by atoms with Gasteiger partial charge in [0.1, 0.15) is 12.3 Å². The van der Waals surface area contributed by atoms with Gasteiger partial charge in [0.25, 0.3) is 0 Å². The maximum absolute atomic E-state index is 12.6. The molecule has 0 fully saturated rings. The number of nitrogens with one attached hydrogen (secondary N) is 1. The number of ether oxygens (including phenoxy) is 1. The van der Waals surface area contributed by atoms with E-state index >= 15 is 0 Å². The zero-order valence-electron chi connectivity index (χ0n) is 16.5. The number of rotatable bonds is 6. The SMILES string of the molecule is Cc1ccc2nc(COC(=O)c3ccccc3NC(=O)Cc3ccccc3)cn2c1. The molecular weight excluding hydrogens is 378 g/mol. The van der Waals surface area contributed by atoms with Crippen LogP contribution in [0.5, 0.6) is 0 Å². The lowest BCUT2D eigenvalue weighted by Gasteiger charge is -2.10. The first-order valence-corrected chi connectivity index (χ1v) is 9.62. The van der Waals surface area contributed by atoms with Crippen molar-refractivity contribution in [2.24, 2.45) is 0 Å². The molecule has 0 saturated carbocycles. The molecule has 30 heavy (non-hydrogen) atoms. The molecule has 1 amide bonds. The molecule has 2 aromatic heterocycles. The fourth-order valence-electron chi connectivity index (χ4n) is 3.19.